The number of benzene rings is 1. The van der Waals surface area contributed by atoms with Crippen molar-refractivity contribution in [1.29, 1.82) is 0 Å². The van der Waals surface area contributed by atoms with Gasteiger partial charge in [-0.05, 0) is 41.9 Å². The second kappa shape index (κ2) is 10.4. The van der Waals surface area contributed by atoms with Crippen molar-refractivity contribution in [2.75, 3.05) is 6.26 Å². The van der Waals surface area contributed by atoms with Crippen LogP contribution in [0.25, 0.3) is 0 Å². The lowest BCUT2D eigenvalue weighted by molar-refractivity contribution is -0.184. The summed E-state index contributed by atoms with van der Waals surface area (Å²) in [5.74, 6) is -0.999. The van der Waals surface area contributed by atoms with Crippen LogP contribution in [0.1, 0.15) is 46.0 Å². The molecule has 0 aliphatic carbocycles. The Hall–Kier alpha value is -2.17. The molecule has 0 saturated carbocycles. The maximum Gasteiger partial charge on any atom is 0.362 e. The molecule has 2 aliphatic rings. The monoisotopic (exact) mass is 467 g/mol. The minimum absolute atomic E-state index is 0.00303. The molecular weight excluding hydrogens is 442 g/mol. The molecule has 31 heavy (non-hydrogen) atoms. The first-order valence-electron chi connectivity index (χ1n) is 10.0. The van der Waals surface area contributed by atoms with Crippen LogP contribution in [0.15, 0.2) is 39.9 Å². The smallest absolute Gasteiger partial charge is 0.362 e. The Kier molecular flexibility index (Phi) is 7.90. The van der Waals surface area contributed by atoms with Crippen LogP contribution in [-0.4, -0.2) is 45.2 Å². The predicted octanol–water partition coefficient (Wildman–Crippen LogP) is 3.29. The lowest BCUT2D eigenvalue weighted by Crippen LogP contribution is -2.49. The maximum absolute atomic E-state index is 12.8. The molecule has 10 heteroatoms. The number of esters is 2. The van der Waals surface area contributed by atoms with Crippen molar-refractivity contribution in [1.82, 2.24) is 4.90 Å². The van der Waals surface area contributed by atoms with E-state index in [0.29, 0.717) is 23.5 Å². The summed E-state index contributed by atoms with van der Waals surface area (Å²) in [6, 6.07) is 6.63. The van der Waals surface area contributed by atoms with Gasteiger partial charge in [0.25, 0.3) is 0 Å². The molecule has 0 N–H and O–H groups in total. The Bertz CT molecular complexity index is 869. The maximum atomic E-state index is 12.8. The van der Waals surface area contributed by atoms with Crippen molar-refractivity contribution in [2.24, 2.45) is 0 Å². The summed E-state index contributed by atoms with van der Waals surface area (Å²) in [5.41, 5.74) is 0.00303. The molecule has 1 fully saturated rings. The molecule has 0 aromatic heterocycles. The summed E-state index contributed by atoms with van der Waals surface area (Å²) in [6.07, 6.45) is 3.66. The largest absolute Gasteiger partial charge is 0.612 e. The molecule has 3 atom stereocenters. The van der Waals surface area contributed by atoms with Crippen LogP contribution in [0.2, 0.25) is 0 Å². The number of rotatable bonds is 10. The summed E-state index contributed by atoms with van der Waals surface area (Å²) in [4.78, 5) is 38.7. The van der Waals surface area contributed by atoms with Crippen molar-refractivity contribution in [2.45, 2.75) is 62.5 Å². The number of amides is 1. The number of hydrogen-bond acceptors (Lipinski definition) is 8. The van der Waals surface area contributed by atoms with Gasteiger partial charge in [0.05, 0.1) is 11.8 Å². The van der Waals surface area contributed by atoms with Gasteiger partial charge in [-0.25, -0.2) is 4.79 Å². The zero-order chi connectivity index (χ0) is 22.5. The minimum Gasteiger partial charge on any atom is -0.612 e. The number of β-lactam (4-membered cyclic amide) rings is 1. The highest BCUT2D eigenvalue weighted by atomic mass is 32.2. The molecule has 1 amide bonds. The highest BCUT2D eigenvalue weighted by Crippen LogP contribution is 2.47. The van der Waals surface area contributed by atoms with Gasteiger partial charge in [0.1, 0.15) is 12.0 Å². The molecule has 168 valence electrons. The molecule has 0 radical (unpaired) electrons. The number of ether oxygens (including phenoxy) is 3. The summed E-state index contributed by atoms with van der Waals surface area (Å²) < 4.78 is 27.8. The highest BCUT2D eigenvalue weighted by Gasteiger charge is 2.50. The molecular formula is C21H25NO7S2. The van der Waals surface area contributed by atoms with E-state index in [9.17, 15) is 18.9 Å². The van der Waals surface area contributed by atoms with Crippen LogP contribution in [0, 0.1) is 0 Å². The van der Waals surface area contributed by atoms with Gasteiger partial charge in [0.15, 0.2) is 15.7 Å². The van der Waals surface area contributed by atoms with Crippen molar-refractivity contribution < 1.29 is 33.1 Å². The second-order valence-corrected chi connectivity index (χ2v) is 9.65. The normalized spacial score (nSPS) is 19.4. The van der Waals surface area contributed by atoms with E-state index in [2.05, 4.69) is 0 Å². The van der Waals surface area contributed by atoms with Gasteiger partial charge < -0.3 is 18.8 Å². The second-order valence-electron chi connectivity index (χ2n) is 7.12. The van der Waals surface area contributed by atoms with Gasteiger partial charge in [-0.2, -0.15) is 0 Å². The van der Waals surface area contributed by atoms with Crippen molar-refractivity contribution >= 4 is 40.8 Å². The van der Waals surface area contributed by atoms with Crippen LogP contribution in [0.3, 0.4) is 0 Å². The van der Waals surface area contributed by atoms with E-state index in [4.69, 9.17) is 14.2 Å². The van der Waals surface area contributed by atoms with Crippen molar-refractivity contribution in [3.63, 3.8) is 0 Å². The first kappa shape index (κ1) is 23.5. The number of carbonyl (C=O) groups is 3. The number of carbonyl (C=O) groups excluding carboxylic acids is 3. The zero-order valence-corrected chi connectivity index (χ0v) is 19.3. The van der Waals surface area contributed by atoms with E-state index in [1.807, 2.05) is 6.92 Å². The molecule has 8 nitrogen and oxygen atoms in total. The number of hydrogen-bond donors (Lipinski definition) is 0. The molecule has 0 bridgehead atoms. The zero-order valence-electron chi connectivity index (χ0n) is 17.6. The summed E-state index contributed by atoms with van der Waals surface area (Å²) in [5, 5.41) is 0.0204. The fourth-order valence-electron chi connectivity index (χ4n) is 3.08. The van der Waals surface area contributed by atoms with Gasteiger partial charge in [-0.15, -0.1) is 0 Å². The fraction of sp³-hybridized carbons (Fsp3) is 0.476. The van der Waals surface area contributed by atoms with Crippen molar-refractivity contribution in [3.8, 4) is 5.75 Å². The van der Waals surface area contributed by atoms with Gasteiger partial charge >= 0.3 is 11.9 Å². The van der Waals surface area contributed by atoms with Crippen LogP contribution >= 0.6 is 11.8 Å². The summed E-state index contributed by atoms with van der Waals surface area (Å²) >= 11 is 0.137. The average molecular weight is 468 g/mol. The Labute approximate surface area is 188 Å². The van der Waals surface area contributed by atoms with Crippen LogP contribution < -0.4 is 4.74 Å². The predicted molar refractivity (Wildman–Crippen MR) is 115 cm³/mol. The quantitative estimate of drug-likeness (QED) is 0.170. The fourth-order valence-corrected chi connectivity index (χ4v) is 4.84. The summed E-state index contributed by atoms with van der Waals surface area (Å²) in [6.45, 7) is 3.49. The number of fused-ring (bicyclic) bond motifs is 1. The number of unbranched alkanes of at least 4 members (excludes halogenated alkanes) is 2. The number of nitrogens with zero attached hydrogens (tertiary/aromatic N) is 1. The van der Waals surface area contributed by atoms with Crippen molar-refractivity contribution in [3.05, 3.63) is 35.1 Å². The standard InChI is InChI=1S/C21H25NO7S2/c1-4-5-6-7-18(24)27-13(2)28-20(25)19-21(30-17-12-16(23)22(17)19)29-14-8-10-15(11-9-14)31(3)26/h8-11,13,17H,4-7,12H2,1-3H3/t13-,17+,31?/m1/s1. The third-order valence-electron chi connectivity index (χ3n) is 4.70. The highest BCUT2D eigenvalue weighted by molar-refractivity contribution is 8.03. The Morgan fingerprint density at radius 2 is 1.97 bits per heavy atom. The molecule has 1 saturated heterocycles. The van der Waals surface area contributed by atoms with E-state index in [1.165, 1.54) is 23.6 Å². The number of thioether (sulfide) groups is 1. The first-order chi connectivity index (χ1) is 14.8. The molecule has 1 unspecified atom stereocenters. The molecule has 3 rings (SSSR count). The van der Waals surface area contributed by atoms with Gasteiger partial charge in [0.2, 0.25) is 12.2 Å². The Balaban J connectivity index is 1.68. The lowest BCUT2D eigenvalue weighted by atomic mass is 10.2. The van der Waals surface area contributed by atoms with Gasteiger partial charge in [0, 0.05) is 13.3 Å². The molecule has 1 aromatic carbocycles. The van der Waals surface area contributed by atoms with E-state index in [1.54, 1.807) is 30.5 Å². The van der Waals surface area contributed by atoms with Crippen LogP contribution in [-0.2, 0) is 35.0 Å². The van der Waals surface area contributed by atoms with Crippen LogP contribution in [0.4, 0.5) is 0 Å². The SMILES string of the molecule is CCCCCC(=O)O[C@@H](C)OC(=O)C1=C(Oc2ccc([S+](C)[O-])cc2)S[C@H]2CC(=O)N12. The minimum atomic E-state index is -1.12. The molecule has 2 heterocycles. The topological polar surface area (TPSA) is 105 Å². The van der Waals surface area contributed by atoms with Gasteiger partial charge in [-0.3, -0.25) is 14.5 Å². The molecule has 0 spiro atoms. The Morgan fingerprint density at radius 3 is 2.58 bits per heavy atom. The van der Waals surface area contributed by atoms with Crippen LogP contribution in [0.5, 0.6) is 5.75 Å². The van der Waals surface area contributed by atoms with E-state index >= 15 is 0 Å². The lowest BCUT2D eigenvalue weighted by Gasteiger charge is -2.34. The first-order valence-corrected chi connectivity index (χ1v) is 12.5. The van der Waals surface area contributed by atoms with E-state index < -0.39 is 29.4 Å². The van der Waals surface area contributed by atoms with Gasteiger partial charge in [-0.1, -0.05) is 31.5 Å². The molecule has 1 aromatic rings. The van der Waals surface area contributed by atoms with E-state index in [0.717, 1.165) is 12.8 Å². The average Bonchev–Trinajstić information content (AvgIpc) is 3.00. The van der Waals surface area contributed by atoms with E-state index in [-0.39, 0.29) is 28.5 Å². The third-order valence-corrected chi connectivity index (χ3v) is 6.77. The summed E-state index contributed by atoms with van der Waals surface area (Å²) in [7, 11) is 0. The third kappa shape index (κ3) is 5.75. The Morgan fingerprint density at radius 1 is 1.26 bits per heavy atom. The molecule has 2 aliphatic heterocycles.